The zero-order chi connectivity index (χ0) is 9.56. The number of nitrogens with one attached hydrogen (secondary N) is 1. The van der Waals surface area contributed by atoms with Gasteiger partial charge in [0.15, 0.2) is 0 Å². The van der Waals surface area contributed by atoms with Crippen molar-refractivity contribution in [2.75, 3.05) is 6.61 Å². The molecule has 4 heteroatoms. The molecule has 1 amide bonds. The summed E-state index contributed by atoms with van der Waals surface area (Å²) >= 11 is 0. The van der Waals surface area contributed by atoms with Gasteiger partial charge in [-0.2, -0.15) is 0 Å². The number of rotatable bonds is 4. The predicted molar refractivity (Wildman–Crippen MR) is 44.5 cm³/mol. The third-order valence-electron chi connectivity index (χ3n) is 1.06. The summed E-state index contributed by atoms with van der Waals surface area (Å²) in [7, 11) is 0. The van der Waals surface area contributed by atoms with E-state index < -0.39 is 12.1 Å². The molecule has 1 N–H and O–H groups in total. The van der Waals surface area contributed by atoms with Gasteiger partial charge >= 0.3 is 6.09 Å². The summed E-state index contributed by atoms with van der Waals surface area (Å²) in [5, 5.41) is 2.30. The van der Waals surface area contributed by atoms with Crippen molar-refractivity contribution in [1.29, 1.82) is 0 Å². The lowest BCUT2D eigenvalue weighted by molar-refractivity contribution is 0.132. The van der Waals surface area contributed by atoms with Crippen molar-refractivity contribution in [2.45, 2.75) is 26.8 Å². The van der Waals surface area contributed by atoms with E-state index in [2.05, 4.69) is 5.32 Å². The molecule has 0 saturated carbocycles. The number of amides is 1. The molecule has 69 valence electrons. The number of hydrogen-bond donors (Lipinski definition) is 1. The second-order valence-electron chi connectivity index (χ2n) is 2.98. The molecule has 0 aliphatic carbocycles. The van der Waals surface area contributed by atoms with E-state index in [0.29, 0.717) is 12.5 Å². The highest BCUT2D eigenvalue weighted by Crippen LogP contribution is 1.92. The molecule has 0 bridgehead atoms. The van der Waals surface area contributed by atoms with E-state index in [1.165, 1.54) is 6.92 Å². The highest BCUT2D eigenvalue weighted by molar-refractivity contribution is 5.72. The van der Waals surface area contributed by atoms with Crippen LogP contribution >= 0.6 is 0 Å². The van der Waals surface area contributed by atoms with Crippen molar-refractivity contribution in [3.63, 3.8) is 0 Å². The molecule has 0 spiro atoms. The smallest absolute Gasteiger partial charge is 0.407 e. The first-order valence-electron chi connectivity index (χ1n) is 3.87. The maximum Gasteiger partial charge on any atom is 0.407 e. The summed E-state index contributed by atoms with van der Waals surface area (Å²) in [5.41, 5.74) is 0. The lowest BCUT2D eigenvalue weighted by atomic mass is 10.2. The highest BCUT2D eigenvalue weighted by atomic mass is 16.5. The summed E-state index contributed by atoms with van der Waals surface area (Å²) in [6.07, 6.45) is 1.05. The summed E-state index contributed by atoms with van der Waals surface area (Å²) in [4.78, 5) is 20.8. The number of hydrogen-bond acceptors (Lipinski definition) is 3. The van der Waals surface area contributed by atoms with Gasteiger partial charge in [0.05, 0.1) is 12.6 Å². The van der Waals surface area contributed by atoms with Crippen LogP contribution in [0.3, 0.4) is 0 Å². The maximum absolute atomic E-state index is 10.8. The number of carbonyl (C=O) groups excluding carboxylic acids is 2. The number of ether oxygens (including phenoxy) is 1. The van der Waals surface area contributed by atoms with Crippen LogP contribution in [0.5, 0.6) is 0 Å². The zero-order valence-electron chi connectivity index (χ0n) is 7.59. The van der Waals surface area contributed by atoms with E-state index in [1.54, 1.807) is 6.29 Å². The molecule has 0 rings (SSSR count). The van der Waals surface area contributed by atoms with Crippen LogP contribution in [-0.2, 0) is 9.53 Å². The molecule has 0 aliphatic rings. The van der Waals surface area contributed by atoms with Gasteiger partial charge in [-0.25, -0.2) is 4.79 Å². The van der Waals surface area contributed by atoms with Gasteiger partial charge in [-0.15, -0.1) is 0 Å². The Morgan fingerprint density at radius 1 is 1.50 bits per heavy atom. The fourth-order valence-corrected chi connectivity index (χ4v) is 0.490. The topological polar surface area (TPSA) is 55.4 Å². The molecule has 0 aliphatic heterocycles. The van der Waals surface area contributed by atoms with Crippen molar-refractivity contribution in [3.05, 3.63) is 0 Å². The lowest BCUT2D eigenvalue weighted by Gasteiger charge is -2.09. The van der Waals surface area contributed by atoms with E-state index >= 15 is 0 Å². The molecular formula is C8H14NO3. The van der Waals surface area contributed by atoms with Crippen LogP contribution in [0, 0.1) is 5.92 Å². The Balaban J connectivity index is 3.53. The second kappa shape index (κ2) is 5.57. The van der Waals surface area contributed by atoms with E-state index in [4.69, 9.17) is 4.74 Å². The Bertz CT molecular complexity index is 156. The second-order valence-corrected chi connectivity index (χ2v) is 2.98. The molecular weight excluding hydrogens is 158 g/mol. The number of carbonyl (C=O) groups is 1. The van der Waals surface area contributed by atoms with E-state index in [1.807, 2.05) is 13.8 Å². The minimum atomic E-state index is -0.607. The fraction of sp³-hybridized carbons (Fsp3) is 0.750. The minimum absolute atomic E-state index is 0.297. The summed E-state index contributed by atoms with van der Waals surface area (Å²) in [5.74, 6) is 0.297. The molecule has 1 unspecified atom stereocenters. The van der Waals surface area contributed by atoms with Gasteiger partial charge in [0, 0.05) is 0 Å². The van der Waals surface area contributed by atoms with Crippen molar-refractivity contribution in [1.82, 2.24) is 5.32 Å². The average molecular weight is 172 g/mol. The van der Waals surface area contributed by atoms with Gasteiger partial charge in [-0.05, 0) is 12.8 Å². The molecule has 0 heterocycles. The predicted octanol–water partition coefficient (Wildman–Crippen LogP) is 0.867. The van der Waals surface area contributed by atoms with Crippen molar-refractivity contribution in [2.24, 2.45) is 5.92 Å². The molecule has 12 heavy (non-hydrogen) atoms. The molecule has 0 fully saturated rings. The van der Waals surface area contributed by atoms with Crippen LogP contribution < -0.4 is 5.32 Å². The third-order valence-corrected chi connectivity index (χ3v) is 1.06. The fourth-order valence-electron chi connectivity index (χ4n) is 0.490. The summed E-state index contributed by atoms with van der Waals surface area (Å²) in [6.45, 7) is 5.76. The Morgan fingerprint density at radius 2 is 2.08 bits per heavy atom. The van der Waals surface area contributed by atoms with Crippen LogP contribution in [0.4, 0.5) is 4.79 Å². The minimum Gasteiger partial charge on any atom is -0.449 e. The third kappa shape index (κ3) is 5.70. The SMILES string of the molecule is CC(C)COC(=O)NC(C)[C]=O. The van der Waals surface area contributed by atoms with Crippen LogP contribution in [0.15, 0.2) is 0 Å². The maximum atomic E-state index is 10.8. The molecule has 0 aromatic rings. The van der Waals surface area contributed by atoms with Crippen molar-refractivity contribution < 1.29 is 14.3 Å². The lowest BCUT2D eigenvalue weighted by Crippen LogP contribution is -2.34. The standard InChI is InChI=1S/C8H14NO3/c1-6(2)5-12-8(11)9-7(3)4-10/h6-7H,5H2,1-3H3,(H,9,11). The van der Waals surface area contributed by atoms with Gasteiger partial charge in [0.25, 0.3) is 0 Å². The van der Waals surface area contributed by atoms with Crippen LogP contribution in [0.25, 0.3) is 0 Å². The summed E-state index contributed by atoms with van der Waals surface area (Å²) < 4.78 is 4.75. The Hall–Kier alpha value is -1.06. The Kier molecular flexibility index (Phi) is 5.08. The van der Waals surface area contributed by atoms with Gasteiger partial charge in [0.1, 0.15) is 0 Å². The first-order chi connectivity index (χ1) is 5.56. The van der Waals surface area contributed by atoms with Crippen LogP contribution in [0.2, 0.25) is 0 Å². The van der Waals surface area contributed by atoms with Crippen LogP contribution in [0.1, 0.15) is 20.8 Å². The van der Waals surface area contributed by atoms with Gasteiger partial charge in [0.2, 0.25) is 6.29 Å². The highest BCUT2D eigenvalue weighted by Gasteiger charge is 2.07. The van der Waals surface area contributed by atoms with E-state index in [0.717, 1.165) is 0 Å². The van der Waals surface area contributed by atoms with Crippen molar-refractivity contribution >= 4 is 12.4 Å². The van der Waals surface area contributed by atoms with Gasteiger partial charge < -0.3 is 10.1 Å². The number of alkyl carbamates (subject to hydrolysis) is 1. The monoisotopic (exact) mass is 172 g/mol. The molecule has 0 aromatic heterocycles. The van der Waals surface area contributed by atoms with Crippen LogP contribution in [-0.4, -0.2) is 25.0 Å². The van der Waals surface area contributed by atoms with Gasteiger partial charge in [-0.3, -0.25) is 4.79 Å². The van der Waals surface area contributed by atoms with E-state index in [9.17, 15) is 9.59 Å². The Labute approximate surface area is 72.3 Å². The largest absolute Gasteiger partial charge is 0.449 e. The molecule has 0 saturated heterocycles. The molecule has 1 radical (unpaired) electrons. The average Bonchev–Trinajstić information content (AvgIpc) is 2.00. The van der Waals surface area contributed by atoms with Crippen molar-refractivity contribution in [3.8, 4) is 0 Å². The summed E-state index contributed by atoms with van der Waals surface area (Å²) in [6, 6.07) is -0.607. The molecule has 0 aromatic carbocycles. The quantitative estimate of drug-likeness (QED) is 0.684. The zero-order valence-corrected chi connectivity index (χ0v) is 7.59. The Morgan fingerprint density at radius 3 is 2.50 bits per heavy atom. The molecule has 1 atom stereocenters. The first kappa shape index (κ1) is 10.9. The van der Waals surface area contributed by atoms with E-state index in [-0.39, 0.29) is 0 Å². The first-order valence-corrected chi connectivity index (χ1v) is 3.87. The molecule has 4 nitrogen and oxygen atoms in total. The van der Waals surface area contributed by atoms with Gasteiger partial charge in [-0.1, -0.05) is 13.8 Å². The normalized spacial score (nSPS) is 12.3.